The fourth-order valence-corrected chi connectivity index (χ4v) is 1.59. The molecule has 0 amide bonds. The van der Waals surface area contributed by atoms with E-state index in [2.05, 4.69) is 43.0 Å². The molecule has 0 aliphatic carbocycles. The highest BCUT2D eigenvalue weighted by Crippen LogP contribution is 2.05. The van der Waals surface area contributed by atoms with Gasteiger partial charge >= 0.3 is 0 Å². The Morgan fingerprint density at radius 3 is 2.17 bits per heavy atom. The molecule has 0 fully saturated rings. The first-order valence-corrected chi connectivity index (χ1v) is 6.14. The monoisotopic (exact) mass is 232 g/mol. The van der Waals surface area contributed by atoms with Crippen LogP contribution in [0.1, 0.15) is 18.1 Å². The van der Waals surface area contributed by atoms with Gasteiger partial charge in [-0.25, -0.2) is 0 Å². The van der Waals surface area contributed by atoms with Crippen molar-refractivity contribution in [1.29, 1.82) is 0 Å². The van der Waals surface area contributed by atoms with Gasteiger partial charge in [-0.15, -0.1) is 0 Å². The fourth-order valence-electron chi connectivity index (χ4n) is 1.59. The van der Waals surface area contributed by atoms with Crippen LogP contribution in [-0.2, 0) is 0 Å². The predicted molar refractivity (Wildman–Crippen MR) is 78.0 cm³/mol. The first kappa shape index (κ1) is 12.2. The molecule has 1 atom stereocenters. The van der Waals surface area contributed by atoms with Gasteiger partial charge in [0.2, 0.25) is 0 Å². The van der Waals surface area contributed by atoms with Gasteiger partial charge in [-0.2, -0.15) is 0 Å². The number of hydrogen-bond donors (Lipinski definition) is 0. The summed E-state index contributed by atoms with van der Waals surface area (Å²) in [5, 5.41) is 0. The van der Waals surface area contributed by atoms with Crippen molar-refractivity contribution in [2.75, 3.05) is 0 Å². The molecule has 0 saturated heterocycles. The highest BCUT2D eigenvalue weighted by Gasteiger charge is 1.90. The second kappa shape index (κ2) is 6.47. The highest BCUT2D eigenvalue weighted by atomic mass is 13.9. The van der Waals surface area contributed by atoms with Gasteiger partial charge in [-0.05, 0) is 24.6 Å². The Morgan fingerprint density at radius 2 is 1.50 bits per heavy atom. The molecule has 0 aromatic heterocycles. The summed E-state index contributed by atoms with van der Waals surface area (Å²) < 4.78 is 0. The number of allylic oxidation sites excluding steroid dienone is 1. The third-order valence-corrected chi connectivity index (χ3v) is 2.59. The molecular weight excluding hydrogens is 216 g/mol. The lowest BCUT2D eigenvalue weighted by Gasteiger charge is -1.95. The van der Waals surface area contributed by atoms with Crippen LogP contribution in [-0.4, -0.2) is 0 Å². The zero-order valence-electron chi connectivity index (χ0n) is 10.5. The molecule has 0 nitrogen and oxygen atoms in total. The first-order chi connectivity index (χ1) is 8.84. The van der Waals surface area contributed by atoms with E-state index in [-0.39, 0.29) is 5.92 Å². The van der Waals surface area contributed by atoms with Crippen molar-refractivity contribution in [3.8, 4) is 11.8 Å². The molecule has 0 aliphatic heterocycles. The van der Waals surface area contributed by atoms with E-state index >= 15 is 0 Å². The summed E-state index contributed by atoms with van der Waals surface area (Å²) in [6.07, 6.45) is 4.25. The summed E-state index contributed by atoms with van der Waals surface area (Å²) in [4.78, 5) is 0. The number of benzene rings is 2. The molecule has 0 bridgehead atoms. The van der Waals surface area contributed by atoms with Gasteiger partial charge in [-0.3, -0.25) is 0 Å². The van der Waals surface area contributed by atoms with E-state index in [4.69, 9.17) is 0 Å². The molecule has 0 heteroatoms. The molecule has 2 aromatic carbocycles. The molecule has 2 aromatic rings. The zero-order chi connectivity index (χ0) is 12.6. The fraction of sp³-hybridized carbons (Fsp3) is 0.111. The molecule has 0 heterocycles. The van der Waals surface area contributed by atoms with Crippen LogP contribution in [0.15, 0.2) is 66.7 Å². The lowest BCUT2D eigenvalue weighted by molar-refractivity contribution is 0.987. The highest BCUT2D eigenvalue weighted by molar-refractivity contribution is 5.50. The van der Waals surface area contributed by atoms with Crippen LogP contribution >= 0.6 is 0 Å². The van der Waals surface area contributed by atoms with E-state index in [1.165, 1.54) is 5.56 Å². The van der Waals surface area contributed by atoms with Gasteiger partial charge < -0.3 is 0 Å². The Hall–Kier alpha value is -2.26. The summed E-state index contributed by atoms with van der Waals surface area (Å²) in [5.41, 5.74) is 2.28. The lowest BCUT2D eigenvalue weighted by Crippen LogP contribution is -1.83. The minimum absolute atomic E-state index is 0.255. The maximum atomic E-state index is 3.23. The van der Waals surface area contributed by atoms with Gasteiger partial charge in [0.15, 0.2) is 0 Å². The van der Waals surface area contributed by atoms with Crippen molar-refractivity contribution in [2.24, 2.45) is 5.92 Å². The molecule has 0 radical (unpaired) electrons. The first-order valence-electron chi connectivity index (χ1n) is 6.14. The summed E-state index contributed by atoms with van der Waals surface area (Å²) in [5.74, 6) is 6.67. The molecule has 2 rings (SSSR count). The average molecular weight is 232 g/mol. The number of rotatable bonds is 2. The minimum atomic E-state index is 0.255. The Bertz CT molecular complexity index is 553. The zero-order valence-corrected chi connectivity index (χ0v) is 10.5. The minimum Gasteiger partial charge on any atom is -0.0906 e. The van der Waals surface area contributed by atoms with Gasteiger partial charge in [0.05, 0.1) is 0 Å². The van der Waals surface area contributed by atoms with Crippen LogP contribution in [0.2, 0.25) is 0 Å². The van der Waals surface area contributed by atoms with Crippen LogP contribution in [0, 0.1) is 17.8 Å². The van der Waals surface area contributed by atoms with Crippen molar-refractivity contribution < 1.29 is 0 Å². The Morgan fingerprint density at radius 1 is 0.889 bits per heavy atom. The molecule has 88 valence electrons. The molecule has 18 heavy (non-hydrogen) atoms. The third-order valence-electron chi connectivity index (χ3n) is 2.59. The topological polar surface area (TPSA) is 0 Å². The van der Waals surface area contributed by atoms with Crippen molar-refractivity contribution in [3.63, 3.8) is 0 Å². The van der Waals surface area contributed by atoms with Gasteiger partial charge in [-0.1, -0.05) is 72.5 Å². The summed E-state index contributed by atoms with van der Waals surface area (Å²) in [7, 11) is 0. The smallest absolute Gasteiger partial charge is 0.0361 e. The van der Waals surface area contributed by atoms with Crippen molar-refractivity contribution >= 4 is 6.08 Å². The summed E-state index contributed by atoms with van der Waals surface area (Å²) in [6, 6.07) is 20.4. The Labute approximate surface area is 109 Å². The largest absolute Gasteiger partial charge is 0.0906 e. The second-order valence-corrected chi connectivity index (χ2v) is 4.19. The van der Waals surface area contributed by atoms with E-state index in [0.717, 1.165) is 5.56 Å². The van der Waals surface area contributed by atoms with E-state index in [1.807, 2.05) is 48.5 Å². The van der Waals surface area contributed by atoms with E-state index in [9.17, 15) is 0 Å². The standard InChI is InChI=1S/C18H16/c1-16(12-14-17-8-4-2-5-9-17)13-15-18-10-6-3-7-11-18/h2-12,14,16H,1H3/b14-12+. The average Bonchev–Trinajstić information content (AvgIpc) is 2.45. The lowest BCUT2D eigenvalue weighted by atomic mass is 10.1. The Balaban J connectivity index is 2.00. The molecule has 0 N–H and O–H groups in total. The third kappa shape index (κ3) is 3.96. The van der Waals surface area contributed by atoms with Crippen molar-refractivity contribution in [3.05, 3.63) is 77.9 Å². The maximum absolute atomic E-state index is 3.23. The molecule has 0 saturated carbocycles. The summed E-state index contributed by atoms with van der Waals surface area (Å²) in [6.45, 7) is 2.11. The van der Waals surface area contributed by atoms with Gasteiger partial charge in [0, 0.05) is 11.5 Å². The van der Waals surface area contributed by atoms with E-state index < -0.39 is 0 Å². The predicted octanol–water partition coefficient (Wildman–Crippen LogP) is 4.39. The molecular formula is C18H16. The molecule has 0 spiro atoms. The quantitative estimate of drug-likeness (QED) is 0.674. The SMILES string of the molecule is CC(C#Cc1ccccc1)/C=C/c1ccccc1. The van der Waals surface area contributed by atoms with Crippen LogP contribution in [0.4, 0.5) is 0 Å². The Kier molecular flexibility index (Phi) is 4.39. The maximum Gasteiger partial charge on any atom is 0.0361 e. The van der Waals surface area contributed by atoms with Crippen molar-refractivity contribution in [1.82, 2.24) is 0 Å². The van der Waals surface area contributed by atoms with Gasteiger partial charge in [0.1, 0.15) is 0 Å². The second-order valence-electron chi connectivity index (χ2n) is 4.19. The van der Waals surface area contributed by atoms with Crippen LogP contribution in [0.5, 0.6) is 0 Å². The summed E-state index contributed by atoms with van der Waals surface area (Å²) >= 11 is 0. The van der Waals surface area contributed by atoms with Crippen LogP contribution < -0.4 is 0 Å². The van der Waals surface area contributed by atoms with E-state index in [0.29, 0.717) is 0 Å². The van der Waals surface area contributed by atoms with Crippen molar-refractivity contribution in [2.45, 2.75) is 6.92 Å². The van der Waals surface area contributed by atoms with E-state index in [1.54, 1.807) is 0 Å². The normalized spacial score (nSPS) is 11.8. The van der Waals surface area contributed by atoms with Crippen LogP contribution in [0.3, 0.4) is 0 Å². The molecule has 1 unspecified atom stereocenters. The molecule has 0 aliphatic rings. The van der Waals surface area contributed by atoms with Gasteiger partial charge in [0.25, 0.3) is 0 Å². The van der Waals surface area contributed by atoms with Crippen LogP contribution in [0.25, 0.3) is 6.08 Å². The number of hydrogen-bond acceptors (Lipinski definition) is 0.